The average molecular weight is 2370 g/mol. The Balaban J connectivity index is 0.000000151. The number of aromatic nitrogens is 4. The predicted octanol–water partition coefficient (Wildman–Crippen LogP) is 19.0. The van der Waals surface area contributed by atoms with Crippen molar-refractivity contribution in [2.75, 3.05) is 44.1 Å². The molecule has 4 aromatic heterocycles. The fourth-order valence-corrected chi connectivity index (χ4v) is 18.7. The maximum Gasteiger partial charge on any atom is 2.00 e. The molecule has 0 amide bonds. The summed E-state index contributed by atoms with van der Waals surface area (Å²) in [6.45, 7) is 12.0. The van der Waals surface area contributed by atoms with Crippen LogP contribution in [0.3, 0.4) is 0 Å². The van der Waals surface area contributed by atoms with Crippen molar-refractivity contribution in [3.05, 3.63) is 470 Å². The Labute approximate surface area is 782 Å². The quantitative estimate of drug-likeness (QED) is 0.0342. The van der Waals surface area contributed by atoms with Crippen LogP contribution in [0.1, 0.15) is 25.1 Å². The summed E-state index contributed by atoms with van der Waals surface area (Å²) in [5, 5.41) is 45.3. The molecule has 18 nitrogen and oxygen atoms in total. The number of aromatic hydroxyl groups is 4. The van der Waals surface area contributed by atoms with Crippen molar-refractivity contribution in [2.45, 2.75) is 19.3 Å². The molecule has 0 fully saturated rings. The predicted molar refractivity (Wildman–Crippen MR) is 482 cm³/mol. The van der Waals surface area contributed by atoms with Gasteiger partial charge in [-0.05, 0) is 163 Å². The summed E-state index contributed by atoms with van der Waals surface area (Å²) >= 11 is 0. The van der Waals surface area contributed by atoms with Gasteiger partial charge in [0.15, 0.2) is 8.07 Å². The van der Waals surface area contributed by atoms with E-state index >= 15 is 0 Å². The van der Waals surface area contributed by atoms with Crippen molar-refractivity contribution in [1.82, 2.24) is 19.9 Å². The van der Waals surface area contributed by atoms with Gasteiger partial charge in [-0.1, -0.05) is 171 Å². The number of benzene rings is 11. The first-order valence-corrected chi connectivity index (χ1v) is 40.8. The number of phenolic OH excluding ortho intramolecular Hbond substituents is 4. The first-order valence-electron chi connectivity index (χ1n) is 38.8. The Bertz CT molecular complexity index is 5930. The van der Waals surface area contributed by atoms with Crippen molar-refractivity contribution in [2.24, 2.45) is 0 Å². The molecule has 4 N–H and O–H groups in total. The molecule has 23 heteroatoms. The van der Waals surface area contributed by atoms with E-state index in [0.29, 0.717) is 17.3 Å². The van der Waals surface area contributed by atoms with Gasteiger partial charge in [0.25, 0.3) is 0 Å². The number of hydrogen-bond acceptors (Lipinski definition) is 18. The molecule has 4 aliphatic heterocycles. The largest absolute Gasteiger partial charge is 2.00 e. The summed E-state index contributed by atoms with van der Waals surface area (Å²) in [6.07, 6.45) is 22.6. The molecule has 0 spiro atoms. The molecule has 0 radical (unpaired) electrons. The summed E-state index contributed by atoms with van der Waals surface area (Å²) < 4.78 is 5.72. The maximum atomic E-state index is 10.3. The summed E-state index contributed by atoms with van der Waals surface area (Å²) in [5.41, 5.74) is 10.2. The van der Waals surface area contributed by atoms with E-state index in [-0.39, 0.29) is 113 Å². The van der Waals surface area contributed by atoms with Crippen molar-refractivity contribution in [1.29, 1.82) is 0 Å². The van der Waals surface area contributed by atoms with Crippen LogP contribution in [0.15, 0.2) is 408 Å². The molecule has 0 unspecified atom stereocenters. The second kappa shape index (κ2) is 42.8. The molecule has 124 heavy (non-hydrogen) atoms. The summed E-state index contributed by atoms with van der Waals surface area (Å²) in [7, 11) is -2.76. The smallest absolute Gasteiger partial charge is 0.506 e. The Kier molecular flexibility index (Phi) is 31.2. The third-order valence-electron chi connectivity index (χ3n) is 20.2. The van der Waals surface area contributed by atoms with Crippen LogP contribution in [0.2, 0.25) is 0 Å². The van der Waals surface area contributed by atoms with Gasteiger partial charge in [-0.25, -0.2) is 9.97 Å². The van der Waals surface area contributed by atoms with Crippen LogP contribution in [-0.2, 0) is 89.7 Å². The van der Waals surface area contributed by atoms with Gasteiger partial charge in [0.1, 0.15) is 28.8 Å². The van der Waals surface area contributed by atoms with E-state index < -0.39 is 8.07 Å². The SMILES string of the molecule is CC(C)(c1[c-]c(N2C=CN(c3ccccc3O)[CH-]2)ccc1)c1ccccn1.Oc1ccccc1N1C=CN(c2[c-]c(N(c3ccccc3)c3ccccn3)ccc2)[CH-]1.Oc1ccccc1N1C=CN(c2[c-]c(Oc3ccccn3)ccc2)[CH-]1.Oc1ccccc1N1C=CN(c2[c-]c([Si](c3ccccc3)(c3ccccc3)c3ccccn3)ccc2)[CH-]1.[Pt+2].[Pt+2].[Pt+2].[Pt+2]. The first-order chi connectivity index (χ1) is 58.9. The van der Waals surface area contributed by atoms with Crippen LogP contribution in [0, 0.1) is 50.9 Å². The van der Waals surface area contributed by atoms with Gasteiger partial charge in [-0.2, -0.15) is 65.9 Å². The maximum absolute atomic E-state index is 10.3. The third kappa shape index (κ3) is 20.9. The molecule has 15 aromatic rings. The number of pyridine rings is 4. The van der Waals surface area contributed by atoms with Gasteiger partial charge >= 0.3 is 84.3 Å². The Morgan fingerprint density at radius 3 is 1.15 bits per heavy atom. The van der Waals surface area contributed by atoms with Crippen LogP contribution >= 0.6 is 0 Å². The second-order valence-electron chi connectivity index (χ2n) is 28.3. The number of hydrogen-bond donors (Lipinski definition) is 4. The molecule has 11 aromatic carbocycles. The number of para-hydroxylation sites is 9. The van der Waals surface area contributed by atoms with Crippen LogP contribution in [0.25, 0.3) is 0 Å². The second-order valence-corrected chi connectivity index (χ2v) is 32.0. The van der Waals surface area contributed by atoms with E-state index in [1.165, 1.54) is 10.4 Å². The topological polar surface area (TPSA) is 171 Å². The first kappa shape index (κ1) is 90.4. The Morgan fingerprint density at radius 1 is 0.323 bits per heavy atom. The Morgan fingerprint density at radius 2 is 0.702 bits per heavy atom. The van der Waals surface area contributed by atoms with Crippen LogP contribution < -0.4 is 69.7 Å². The van der Waals surface area contributed by atoms with E-state index in [2.05, 4.69) is 167 Å². The van der Waals surface area contributed by atoms with E-state index in [9.17, 15) is 20.4 Å². The van der Waals surface area contributed by atoms with E-state index in [1.807, 2.05) is 316 Å². The minimum atomic E-state index is -2.76. The van der Waals surface area contributed by atoms with Gasteiger partial charge < -0.3 is 69.3 Å². The summed E-state index contributed by atoms with van der Waals surface area (Å²) in [4.78, 5) is 35.7. The molecule has 0 saturated carbocycles. The van der Waals surface area contributed by atoms with Crippen molar-refractivity contribution in [3.63, 3.8) is 0 Å². The zero-order chi connectivity index (χ0) is 82.0. The average Bonchev–Trinajstić information content (AvgIpc) is 1.27. The van der Waals surface area contributed by atoms with E-state index in [4.69, 9.17) is 9.72 Å². The van der Waals surface area contributed by atoms with Gasteiger partial charge in [-0.3, -0.25) is 9.97 Å². The molecule has 4 aliphatic rings. The van der Waals surface area contributed by atoms with E-state index in [1.54, 1.807) is 48.8 Å². The zero-order valence-corrected chi connectivity index (χ0v) is 76.9. The van der Waals surface area contributed by atoms with Crippen molar-refractivity contribution < 1.29 is 109 Å². The molecule has 19 rings (SSSR count). The summed E-state index contributed by atoms with van der Waals surface area (Å²) in [5.74, 6) is 2.85. The van der Waals surface area contributed by atoms with Crippen molar-refractivity contribution >= 4 is 91.6 Å². The minimum Gasteiger partial charge on any atom is -0.506 e. The van der Waals surface area contributed by atoms with Crippen LogP contribution in [0.4, 0.5) is 62.7 Å². The fourth-order valence-electron chi connectivity index (χ4n) is 14.2. The monoisotopic (exact) mass is 2360 g/mol. The van der Waals surface area contributed by atoms with Gasteiger partial charge in [-0.15, -0.1) is 91.4 Å². The molecular formula is C101H81N13O5Pt4Si. The normalized spacial score (nSPS) is 12.9. The standard InChI is InChI=1S/C32H25N3OSi.C26H20N4O.C23H21N3O.C20H15N3O2.4Pt/c36-31-19-8-7-18-30(31)35-23-22-34(25-35)26-12-11-17-29(24-26)37(27-13-3-1-4-14-27,28-15-5-2-6-16-28)32-20-9-10-21-33-32;31-25-14-5-4-13-24(25)29-18-17-28(20-29)22-11-8-12-23(19-22)30(21-9-2-1-3-10-21)26-15-6-7-16-27-26;1-23(2,22-12-5-6-13-24-22)18-8-7-9-19(16-18)25-14-15-26(17-25)20-10-3-4-11-21(20)27;24-19-9-2-1-8-18(19)23-13-12-22(15-23)16-6-5-7-17(14-16)25-20-10-3-4-11-21-20;;;;/h1-23,25,36H;1-18,20,31H;3-15,17,27H,1-2H3;1-13,15,24H;;;;/q4*-2;4*+2. The summed E-state index contributed by atoms with van der Waals surface area (Å²) in [6, 6.07) is 122. The van der Waals surface area contributed by atoms with E-state index in [0.717, 1.165) is 78.8 Å². The minimum absolute atomic E-state index is 0. The number of nitrogens with zero attached hydrogens (tertiary/aromatic N) is 13. The third-order valence-corrected chi connectivity index (χ3v) is 24.8. The molecule has 0 saturated heterocycles. The number of ether oxygens (including phenoxy) is 1. The molecule has 0 atom stereocenters. The van der Waals surface area contributed by atoms with Crippen LogP contribution in [0.5, 0.6) is 34.6 Å². The van der Waals surface area contributed by atoms with Gasteiger partial charge in [0.05, 0.1) is 22.7 Å². The van der Waals surface area contributed by atoms with Gasteiger partial charge in [0.2, 0.25) is 5.88 Å². The molecule has 8 heterocycles. The zero-order valence-electron chi connectivity index (χ0n) is 66.8. The molecular weight excluding hydrogens is 2280 g/mol. The number of anilines is 11. The van der Waals surface area contributed by atoms with Gasteiger partial charge in [0, 0.05) is 58.7 Å². The molecule has 0 aliphatic carbocycles. The van der Waals surface area contributed by atoms with Crippen LogP contribution in [-0.4, -0.2) is 48.4 Å². The molecule has 0 bridgehead atoms. The fraction of sp³-hybridized carbons (Fsp3) is 0.0297. The van der Waals surface area contributed by atoms with Crippen molar-refractivity contribution in [3.8, 4) is 34.6 Å². The molecule has 624 valence electrons. The Hall–Kier alpha value is -12.8. The number of phenols is 4. The number of rotatable bonds is 19.